The molecule has 0 saturated carbocycles. The maximum Gasteiger partial charge on any atom is 0.376 e. The summed E-state index contributed by atoms with van der Waals surface area (Å²) in [7, 11) is 0. The molecular weight excluding hydrogens is 262 g/mol. The average Bonchev–Trinajstić information content (AvgIpc) is 2.46. The Balaban J connectivity index is 2.44. The molecule has 2 rings (SSSR count). The van der Waals surface area contributed by atoms with Crippen LogP contribution in [-0.4, -0.2) is 41.7 Å². The number of hydrogen-bond donors (Lipinski definition) is 1. The molecule has 0 fully saturated rings. The van der Waals surface area contributed by atoms with Crippen molar-refractivity contribution in [2.45, 2.75) is 26.7 Å². The molecule has 1 aliphatic heterocycles. The summed E-state index contributed by atoms with van der Waals surface area (Å²) in [6.45, 7) is 4.63. The van der Waals surface area contributed by atoms with Gasteiger partial charge >= 0.3 is 11.9 Å². The number of esters is 2. The lowest BCUT2D eigenvalue weighted by molar-refractivity contribution is 0.0505. The van der Waals surface area contributed by atoms with Crippen LogP contribution in [-0.2, 0) is 15.9 Å². The minimum absolute atomic E-state index is 0.122. The number of nitrogens with zero attached hydrogens (tertiary/aromatic N) is 2. The molecule has 1 N–H and O–H groups in total. The van der Waals surface area contributed by atoms with E-state index in [4.69, 9.17) is 9.47 Å². The van der Waals surface area contributed by atoms with Crippen molar-refractivity contribution in [1.82, 2.24) is 9.97 Å². The van der Waals surface area contributed by atoms with Gasteiger partial charge in [0.15, 0.2) is 5.69 Å². The van der Waals surface area contributed by atoms with Crippen LogP contribution in [0.3, 0.4) is 0 Å². The van der Waals surface area contributed by atoms with Gasteiger partial charge in [0, 0.05) is 12.1 Å². The summed E-state index contributed by atoms with van der Waals surface area (Å²) in [4.78, 5) is 31.8. The van der Waals surface area contributed by atoms with Crippen molar-refractivity contribution in [1.29, 1.82) is 0 Å². The Labute approximate surface area is 116 Å². The molecule has 0 amide bonds. The van der Waals surface area contributed by atoms with Crippen LogP contribution in [0.5, 0.6) is 0 Å². The lowest BCUT2D eigenvalue weighted by atomic mass is 10.0. The van der Waals surface area contributed by atoms with E-state index in [0.29, 0.717) is 17.8 Å². The Kier molecular flexibility index (Phi) is 4.49. The summed E-state index contributed by atoms with van der Waals surface area (Å²) in [5, 5.41) is 3.07. The summed E-state index contributed by atoms with van der Waals surface area (Å²) in [5.74, 6) is -0.797. The summed E-state index contributed by atoms with van der Waals surface area (Å²) >= 11 is 0. The zero-order chi connectivity index (χ0) is 14.5. The van der Waals surface area contributed by atoms with Crippen molar-refractivity contribution in [2.75, 3.05) is 25.1 Å². The number of fused-ring (bicyclic) bond motifs is 1. The second-order valence-corrected chi connectivity index (χ2v) is 4.19. The van der Waals surface area contributed by atoms with Gasteiger partial charge in [0.2, 0.25) is 5.82 Å². The third-order valence-electron chi connectivity index (χ3n) is 2.83. The fourth-order valence-corrected chi connectivity index (χ4v) is 1.99. The predicted octanol–water partition coefficient (Wildman–Crippen LogP) is 1.19. The smallest absolute Gasteiger partial charge is 0.376 e. The minimum atomic E-state index is -0.645. The highest BCUT2D eigenvalue weighted by molar-refractivity contribution is 5.93. The second kappa shape index (κ2) is 6.31. The summed E-state index contributed by atoms with van der Waals surface area (Å²) in [6.07, 6.45) is 1.56. The van der Waals surface area contributed by atoms with Gasteiger partial charge in [-0.25, -0.2) is 19.6 Å². The van der Waals surface area contributed by atoms with E-state index in [1.54, 1.807) is 13.8 Å². The van der Waals surface area contributed by atoms with Crippen molar-refractivity contribution in [3.8, 4) is 0 Å². The molecule has 0 spiro atoms. The second-order valence-electron chi connectivity index (χ2n) is 4.19. The number of ether oxygens (including phenoxy) is 2. The van der Waals surface area contributed by atoms with Crippen molar-refractivity contribution in [3.63, 3.8) is 0 Å². The van der Waals surface area contributed by atoms with Crippen molar-refractivity contribution in [3.05, 3.63) is 17.1 Å². The summed E-state index contributed by atoms with van der Waals surface area (Å²) in [6, 6.07) is 0. The van der Waals surface area contributed by atoms with Crippen LogP contribution in [0.1, 0.15) is 46.9 Å². The van der Waals surface area contributed by atoms with Crippen molar-refractivity contribution >= 4 is 17.8 Å². The lowest BCUT2D eigenvalue weighted by Crippen LogP contribution is -2.23. The monoisotopic (exact) mass is 279 g/mol. The molecule has 7 nitrogen and oxygen atoms in total. The predicted molar refractivity (Wildman–Crippen MR) is 70.8 cm³/mol. The van der Waals surface area contributed by atoms with Gasteiger partial charge in [-0.1, -0.05) is 0 Å². The minimum Gasteiger partial charge on any atom is -0.461 e. The summed E-state index contributed by atoms with van der Waals surface area (Å²) in [5.41, 5.74) is 0.842. The fraction of sp³-hybridized carbons (Fsp3) is 0.538. The Bertz CT molecular complexity index is 531. The molecule has 0 unspecified atom stereocenters. The van der Waals surface area contributed by atoms with E-state index >= 15 is 0 Å². The van der Waals surface area contributed by atoms with Crippen LogP contribution < -0.4 is 5.32 Å². The van der Waals surface area contributed by atoms with Gasteiger partial charge in [0.1, 0.15) is 5.82 Å². The molecule has 0 saturated heterocycles. The number of hydrogen-bond acceptors (Lipinski definition) is 7. The summed E-state index contributed by atoms with van der Waals surface area (Å²) < 4.78 is 9.85. The van der Waals surface area contributed by atoms with Gasteiger partial charge in [-0.15, -0.1) is 0 Å². The standard InChI is InChI=1S/C13H17N3O4/c1-3-19-12(17)9-8-6-5-7-14-10(8)16-11(15-9)13(18)20-4-2/h3-7H2,1-2H3,(H,14,15,16). The number of rotatable bonds is 4. The quantitative estimate of drug-likeness (QED) is 0.828. The first-order valence-corrected chi connectivity index (χ1v) is 6.66. The van der Waals surface area contributed by atoms with Crippen molar-refractivity contribution in [2.24, 2.45) is 0 Å². The third-order valence-corrected chi connectivity index (χ3v) is 2.83. The molecule has 1 aliphatic rings. The first kappa shape index (κ1) is 14.2. The first-order valence-electron chi connectivity index (χ1n) is 6.66. The Morgan fingerprint density at radius 2 is 1.85 bits per heavy atom. The number of aromatic nitrogens is 2. The first-order chi connectivity index (χ1) is 9.67. The number of nitrogens with one attached hydrogen (secondary N) is 1. The molecule has 0 radical (unpaired) electrons. The number of anilines is 1. The van der Waals surface area contributed by atoms with Gasteiger partial charge in [0.05, 0.1) is 13.2 Å². The molecule has 1 aromatic heterocycles. The molecule has 7 heteroatoms. The van der Waals surface area contributed by atoms with E-state index in [1.165, 1.54) is 0 Å². The Morgan fingerprint density at radius 1 is 1.15 bits per heavy atom. The van der Waals surface area contributed by atoms with Crippen LogP contribution in [0, 0.1) is 0 Å². The van der Waals surface area contributed by atoms with E-state index in [0.717, 1.165) is 13.0 Å². The zero-order valence-electron chi connectivity index (χ0n) is 11.6. The normalized spacial score (nSPS) is 13.1. The molecule has 2 heterocycles. The van der Waals surface area contributed by atoms with Gasteiger partial charge in [-0.3, -0.25) is 0 Å². The third kappa shape index (κ3) is 2.87. The molecular formula is C13H17N3O4. The van der Waals surface area contributed by atoms with Gasteiger partial charge in [-0.2, -0.15) is 0 Å². The topological polar surface area (TPSA) is 90.4 Å². The highest BCUT2D eigenvalue weighted by atomic mass is 16.5. The molecule has 0 atom stereocenters. The van der Waals surface area contributed by atoms with E-state index in [9.17, 15) is 9.59 Å². The molecule has 1 aromatic rings. The van der Waals surface area contributed by atoms with Gasteiger partial charge in [-0.05, 0) is 26.7 Å². The number of carbonyl (C=O) groups excluding carboxylic acids is 2. The zero-order valence-corrected chi connectivity index (χ0v) is 11.6. The Hall–Kier alpha value is -2.18. The largest absolute Gasteiger partial charge is 0.461 e. The van der Waals surface area contributed by atoms with Crippen LogP contribution in [0.4, 0.5) is 5.82 Å². The van der Waals surface area contributed by atoms with E-state index in [1.807, 2.05) is 0 Å². The van der Waals surface area contributed by atoms with E-state index < -0.39 is 11.9 Å². The molecule has 0 aliphatic carbocycles. The van der Waals surface area contributed by atoms with Crippen LogP contribution in [0.15, 0.2) is 0 Å². The Morgan fingerprint density at radius 3 is 2.55 bits per heavy atom. The van der Waals surface area contributed by atoms with E-state index in [-0.39, 0.29) is 24.7 Å². The number of carbonyl (C=O) groups is 2. The van der Waals surface area contributed by atoms with Crippen LogP contribution in [0.25, 0.3) is 0 Å². The molecule has 108 valence electrons. The van der Waals surface area contributed by atoms with Crippen molar-refractivity contribution < 1.29 is 19.1 Å². The lowest BCUT2D eigenvalue weighted by Gasteiger charge is -2.19. The van der Waals surface area contributed by atoms with Crippen LogP contribution in [0.2, 0.25) is 0 Å². The fourth-order valence-electron chi connectivity index (χ4n) is 1.99. The maximum atomic E-state index is 12.0. The van der Waals surface area contributed by atoms with Crippen LogP contribution >= 0.6 is 0 Å². The van der Waals surface area contributed by atoms with Gasteiger partial charge in [0.25, 0.3) is 0 Å². The molecule has 20 heavy (non-hydrogen) atoms. The van der Waals surface area contributed by atoms with Gasteiger partial charge < -0.3 is 14.8 Å². The maximum absolute atomic E-state index is 12.0. The molecule has 0 bridgehead atoms. The SMILES string of the molecule is CCOC(=O)c1nc2c(c(C(=O)OCC)n1)CCCN2. The molecule has 0 aromatic carbocycles. The highest BCUT2D eigenvalue weighted by Gasteiger charge is 2.25. The van der Waals surface area contributed by atoms with E-state index in [2.05, 4.69) is 15.3 Å². The average molecular weight is 279 g/mol. The highest BCUT2D eigenvalue weighted by Crippen LogP contribution is 2.23.